The highest BCUT2D eigenvalue weighted by molar-refractivity contribution is 8.00. The fourth-order valence-corrected chi connectivity index (χ4v) is 4.74. The number of methoxy groups -OCH3 is 1. The second kappa shape index (κ2) is 7.06. The van der Waals surface area contributed by atoms with E-state index >= 15 is 0 Å². The first kappa shape index (κ1) is 18.8. The number of pyridine rings is 1. The van der Waals surface area contributed by atoms with Gasteiger partial charge in [-0.15, -0.1) is 11.8 Å². The predicted octanol–water partition coefficient (Wildman–Crippen LogP) is 3.49. The number of anilines is 1. The molecule has 0 radical (unpaired) electrons. The summed E-state index contributed by atoms with van der Waals surface area (Å²) >= 11 is 1.50. The molecule has 0 unspecified atom stereocenters. The number of fused-ring (bicyclic) bond motifs is 3. The van der Waals surface area contributed by atoms with Gasteiger partial charge < -0.3 is 10.1 Å². The Kier molecular flexibility index (Phi) is 4.15. The van der Waals surface area contributed by atoms with Crippen molar-refractivity contribution in [1.82, 2.24) is 29.4 Å². The molecule has 0 aliphatic carbocycles. The quantitative estimate of drug-likeness (QED) is 0.456. The lowest BCUT2D eigenvalue weighted by Crippen LogP contribution is -2.19. The number of hydrogen-bond donors (Lipinski definition) is 1. The van der Waals surface area contributed by atoms with Gasteiger partial charge in [0.25, 0.3) is 0 Å². The minimum atomic E-state index is -0.0181. The number of rotatable bonds is 3. The minimum Gasteiger partial charge on any atom is -0.494 e. The van der Waals surface area contributed by atoms with Crippen LogP contribution in [-0.2, 0) is 4.79 Å². The summed E-state index contributed by atoms with van der Waals surface area (Å²) in [6.07, 6.45) is 7.19. The Morgan fingerprint density at radius 1 is 1.19 bits per heavy atom. The molecule has 1 amide bonds. The molecule has 32 heavy (non-hydrogen) atoms. The number of nitrogens with zero attached hydrogens (tertiary/aromatic N) is 6. The fraction of sp³-hybridized carbons (Fsp3) is 0.136. The average molecular weight is 443 g/mol. The number of nitrogens with one attached hydrogen (secondary N) is 1. The van der Waals surface area contributed by atoms with E-state index in [9.17, 15) is 4.79 Å². The van der Waals surface area contributed by atoms with Gasteiger partial charge in [0.05, 0.1) is 47.2 Å². The van der Waals surface area contributed by atoms with Crippen molar-refractivity contribution in [2.24, 2.45) is 0 Å². The Bertz CT molecular complexity index is 1540. The Morgan fingerprint density at radius 3 is 2.97 bits per heavy atom. The Hall–Kier alpha value is -3.92. The van der Waals surface area contributed by atoms with Gasteiger partial charge in [-0.25, -0.2) is 14.2 Å². The van der Waals surface area contributed by atoms with E-state index in [1.165, 1.54) is 11.8 Å². The first-order valence-electron chi connectivity index (χ1n) is 9.91. The van der Waals surface area contributed by atoms with Gasteiger partial charge >= 0.3 is 0 Å². The molecular weight excluding hydrogens is 426 g/mol. The average Bonchev–Trinajstić information content (AvgIpc) is 3.39. The number of carbonyl (C=O) groups excluding carboxylic acids is 1. The van der Waals surface area contributed by atoms with Crippen molar-refractivity contribution < 1.29 is 9.53 Å². The molecule has 0 saturated carbocycles. The predicted molar refractivity (Wildman–Crippen MR) is 121 cm³/mol. The highest BCUT2D eigenvalue weighted by atomic mass is 32.2. The molecule has 0 saturated heterocycles. The first-order valence-corrected chi connectivity index (χ1v) is 10.9. The van der Waals surface area contributed by atoms with Crippen molar-refractivity contribution in [3.63, 3.8) is 0 Å². The summed E-state index contributed by atoms with van der Waals surface area (Å²) in [6.45, 7) is 1.96. The Morgan fingerprint density at radius 2 is 2.09 bits per heavy atom. The lowest BCUT2D eigenvalue weighted by Gasteiger charge is -2.19. The van der Waals surface area contributed by atoms with Crippen LogP contribution in [0, 0.1) is 6.92 Å². The summed E-state index contributed by atoms with van der Waals surface area (Å²) in [6, 6.07) is 7.67. The van der Waals surface area contributed by atoms with E-state index in [4.69, 9.17) is 9.84 Å². The Balaban J connectivity index is 1.56. The van der Waals surface area contributed by atoms with Crippen molar-refractivity contribution in [3.8, 4) is 22.7 Å². The zero-order valence-electron chi connectivity index (χ0n) is 17.2. The summed E-state index contributed by atoms with van der Waals surface area (Å²) < 4.78 is 9.25. The molecular formula is C22H17N7O2S. The van der Waals surface area contributed by atoms with E-state index in [0.717, 1.165) is 49.8 Å². The van der Waals surface area contributed by atoms with Crippen molar-refractivity contribution in [2.75, 3.05) is 18.2 Å². The molecule has 158 valence electrons. The van der Waals surface area contributed by atoms with Gasteiger partial charge in [0.15, 0.2) is 5.65 Å². The third-order valence-electron chi connectivity index (χ3n) is 5.45. The molecule has 5 aromatic rings. The van der Waals surface area contributed by atoms with Crippen LogP contribution in [0.4, 0.5) is 5.69 Å². The number of ether oxygens (including phenoxy) is 1. The van der Waals surface area contributed by atoms with Crippen LogP contribution in [0.2, 0.25) is 0 Å². The zero-order chi connectivity index (χ0) is 21.8. The molecule has 4 aromatic heterocycles. The normalized spacial score (nSPS) is 13.4. The number of benzene rings is 1. The molecule has 1 aromatic carbocycles. The van der Waals surface area contributed by atoms with Crippen molar-refractivity contribution in [1.29, 1.82) is 0 Å². The molecule has 6 rings (SSSR count). The maximum atomic E-state index is 11.8. The molecule has 0 bridgehead atoms. The third-order valence-corrected chi connectivity index (χ3v) is 6.50. The second-order valence-corrected chi connectivity index (χ2v) is 8.40. The van der Waals surface area contributed by atoms with E-state index in [1.807, 2.05) is 48.3 Å². The molecule has 5 heterocycles. The van der Waals surface area contributed by atoms with Gasteiger partial charge in [-0.05, 0) is 25.1 Å². The summed E-state index contributed by atoms with van der Waals surface area (Å²) in [4.78, 5) is 21.9. The topological polar surface area (TPSA) is 99.2 Å². The van der Waals surface area contributed by atoms with Gasteiger partial charge in [-0.3, -0.25) is 9.78 Å². The van der Waals surface area contributed by atoms with Gasteiger partial charge in [-0.2, -0.15) is 10.2 Å². The number of thioether (sulfide) groups is 1. The van der Waals surface area contributed by atoms with Crippen LogP contribution >= 0.6 is 11.8 Å². The largest absolute Gasteiger partial charge is 0.494 e. The number of aromatic nitrogens is 6. The molecule has 10 heteroatoms. The zero-order valence-corrected chi connectivity index (χ0v) is 18.1. The van der Waals surface area contributed by atoms with Crippen molar-refractivity contribution in [2.45, 2.75) is 11.8 Å². The summed E-state index contributed by atoms with van der Waals surface area (Å²) in [5.41, 5.74) is 5.63. The summed E-state index contributed by atoms with van der Waals surface area (Å²) in [5.74, 6) is 0.982. The molecule has 1 N–H and O–H groups in total. The van der Waals surface area contributed by atoms with Crippen LogP contribution in [0.25, 0.3) is 33.5 Å². The fourth-order valence-electron chi connectivity index (χ4n) is 3.92. The molecule has 1 aliphatic rings. The standard InChI is InChI=1S/C22H17N7O2S/c1-12-13-9-24-15(14-10-25-28-5-3-4-23-22(14)28)6-17(13)29(27-12)18-8-20-16(7-19(18)31-2)26-21(30)11-32-20/h3-10H,11H2,1-2H3,(H,26,30). The summed E-state index contributed by atoms with van der Waals surface area (Å²) in [5, 5.41) is 13.0. The van der Waals surface area contributed by atoms with Crippen LogP contribution in [0.15, 0.2) is 53.9 Å². The maximum absolute atomic E-state index is 11.8. The number of carbonyl (C=O) groups is 1. The lowest BCUT2D eigenvalue weighted by atomic mass is 10.1. The van der Waals surface area contributed by atoms with Gasteiger partial charge in [-0.1, -0.05) is 0 Å². The monoisotopic (exact) mass is 443 g/mol. The van der Waals surface area contributed by atoms with Crippen LogP contribution in [0.5, 0.6) is 5.75 Å². The van der Waals surface area contributed by atoms with Crippen LogP contribution in [-0.4, -0.2) is 48.1 Å². The van der Waals surface area contributed by atoms with Crippen LogP contribution in [0.1, 0.15) is 5.69 Å². The highest BCUT2D eigenvalue weighted by Gasteiger charge is 2.22. The van der Waals surface area contributed by atoms with Crippen LogP contribution < -0.4 is 10.1 Å². The molecule has 0 fully saturated rings. The maximum Gasteiger partial charge on any atom is 0.234 e. The number of hydrogen-bond acceptors (Lipinski definition) is 7. The van der Waals surface area contributed by atoms with Crippen molar-refractivity contribution >= 4 is 39.9 Å². The van der Waals surface area contributed by atoms with Gasteiger partial charge in [0, 0.05) is 34.9 Å². The van der Waals surface area contributed by atoms with E-state index < -0.39 is 0 Å². The SMILES string of the molecule is COc1cc2c(cc1-n1nc(C)c3cnc(-c4cnn5cccnc45)cc31)SCC(=O)N2. The van der Waals surface area contributed by atoms with Gasteiger partial charge in [0.2, 0.25) is 5.91 Å². The highest BCUT2D eigenvalue weighted by Crippen LogP contribution is 2.39. The molecule has 0 atom stereocenters. The lowest BCUT2D eigenvalue weighted by molar-refractivity contribution is -0.113. The van der Waals surface area contributed by atoms with E-state index in [-0.39, 0.29) is 5.91 Å². The van der Waals surface area contributed by atoms with E-state index in [0.29, 0.717) is 11.5 Å². The smallest absolute Gasteiger partial charge is 0.234 e. The van der Waals surface area contributed by atoms with Crippen molar-refractivity contribution in [3.05, 3.63) is 54.7 Å². The van der Waals surface area contributed by atoms with E-state index in [2.05, 4.69) is 20.4 Å². The van der Waals surface area contributed by atoms with Crippen LogP contribution in [0.3, 0.4) is 0 Å². The second-order valence-electron chi connectivity index (χ2n) is 7.39. The Labute approximate surface area is 186 Å². The number of aryl methyl sites for hydroxylation is 1. The minimum absolute atomic E-state index is 0.0181. The third kappa shape index (κ3) is 2.83. The number of amides is 1. The molecule has 1 aliphatic heterocycles. The van der Waals surface area contributed by atoms with Gasteiger partial charge in [0.1, 0.15) is 11.4 Å². The first-order chi connectivity index (χ1) is 15.6. The summed E-state index contributed by atoms with van der Waals surface area (Å²) in [7, 11) is 1.61. The molecule has 9 nitrogen and oxygen atoms in total. The van der Waals surface area contributed by atoms with E-state index in [1.54, 1.807) is 24.0 Å². The molecule has 0 spiro atoms.